The van der Waals surface area contributed by atoms with E-state index in [0.717, 1.165) is 4.83 Å². The Hall–Kier alpha value is 0.645. The number of rotatable bonds is 0. The summed E-state index contributed by atoms with van der Waals surface area (Å²) in [5.74, 6) is 0.651. The van der Waals surface area contributed by atoms with Crippen molar-refractivity contribution in [2.45, 2.75) is 6.92 Å². The van der Waals surface area contributed by atoms with Crippen LogP contribution >= 0.6 is 11.3 Å². The molecule has 0 saturated carbocycles. The third-order valence-corrected chi connectivity index (χ3v) is 2.13. The Kier molecular flexibility index (Phi) is 3.79. The first kappa shape index (κ1) is 10.7. The number of aromatic nitrogens is 2. The number of hydrogen-bond donors (Lipinski definition) is 1. The first-order valence-electron chi connectivity index (χ1n) is 3.13. The fraction of sp³-hybridized carbons (Fsp3) is 0.143. The van der Waals surface area contributed by atoms with E-state index in [0.29, 0.717) is 11.2 Å². The van der Waals surface area contributed by atoms with Crippen molar-refractivity contribution in [2.24, 2.45) is 0 Å². The molecule has 0 radical (unpaired) electrons. The first-order chi connectivity index (χ1) is 5.27. The number of thiophene rings is 1. The molecule has 56 valence electrons. The molecule has 3 nitrogen and oxygen atoms in total. The predicted molar refractivity (Wildman–Crippen MR) is 43.8 cm³/mol. The molecule has 0 aliphatic rings. The number of fused-ring (bicyclic) bond motifs is 1. The standard InChI is InChI=1S/C7H5N2OS.Rb/c1-4-8-6(10)5-2-3-11-7(5)9-4;/h3H,1H3,(H,8,9,10);/q-1;+1. The molecule has 0 fully saturated rings. The fourth-order valence-corrected chi connectivity index (χ4v) is 1.66. The van der Waals surface area contributed by atoms with Gasteiger partial charge in [0.15, 0.2) is 0 Å². The van der Waals surface area contributed by atoms with Crippen LogP contribution in [0.25, 0.3) is 10.2 Å². The molecule has 0 amide bonds. The minimum absolute atomic E-state index is 0. The van der Waals surface area contributed by atoms with Crippen molar-refractivity contribution in [1.29, 1.82) is 0 Å². The van der Waals surface area contributed by atoms with Crippen molar-refractivity contribution in [2.75, 3.05) is 0 Å². The van der Waals surface area contributed by atoms with E-state index in [1.54, 1.807) is 12.3 Å². The second-order valence-corrected chi connectivity index (χ2v) is 3.07. The van der Waals surface area contributed by atoms with E-state index < -0.39 is 0 Å². The van der Waals surface area contributed by atoms with Crippen LogP contribution in [0, 0.1) is 13.0 Å². The van der Waals surface area contributed by atoms with Crippen molar-refractivity contribution < 1.29 is 58.2 Å². The quantitative estimate of drug-likeness (QED) is 0.555. The molecule has 0 bridgehead atoms. The maximum Gasteiger partial charge on any atom is 1.00 e. The molecule has 0 spiro atoms. The molecular formula is C7H5N2ORbS. The Bertz CT molecular complexity index is 448. The summed E-state index contributed by atoms with van der Waals surface area (Å²) in [6.45, 7) is 1.76. The van der Waals surface area contributed by atoms with E-state index in [-0.39, 0.29) is 63.7 Å². The average molecular weight is 251 g/mol. The second-order valence-electron chi connectivity index (χ2n) is 2.21. The summed E-state index contributed by atoms with van der Waals surface area (Å²) >= 11 is 1.43. The normalized spacial score (nSPS) is 9.75. The molecular weight excluding hydrogens is 246 g/mol. The van der Waals surface area contributed by atoms with E-state index in [1.165, 1.54) is 11.3 Å². The topological polar surface area (TPSA) is 45.8 Å². The summed E-state index contributed by atoms with van der Waals surface area (Å²) in [6.07, 6.45) is 0. The molecule has 0 aromatic carbocycles. The largest absolute Gasteiger partial charge is 1.00 e. The Labute approximate surface area is 122 Å². The van der Waals surface area contributed by atoms with Gasteiger partial charge >= 0.3 is 58.2 Å². The Morgan fingerprint density at radius 1 is 1.67 bits per heavy atom. The number of aromatic amines is 1. The van der Waals surface area contributed by atoms with Gasteiger partial charge in [-0.1, -0.05) is 10.8 Å². The zero-order valence-electron chi connectivity index (χ0n) is 6.84. The van der Waals surface area contributed by atoms with Gasteiger partial charge in [-0.15, -0.1) is 0 Å². The molecule has 0 aliphatic carbocycles. The molecule has 2 heterocycles. The van der Waals surface area contributed by atoms with Crippen molar-refractivity contribution >= 4 is 21.6 Å². The number of hydrogen-bond acceptors (Lipinski definition) is 3. The van der Waals surface area contributed by atoms with Crippen LogP contribution in [-0.4, -0.2) is 9.97 Å². The summed E-state index contributed by atoms with van der Waals surface area (Å²) in [5, 5.41) is 2.30. The molecule has 12 heavy (non-hydrogen) atoms. The summed E-state index contributed by atoms with van der Waals surface area (Å²) in [5.41, 5.74) is -0.103. The first-order valence-corrected chi connectivity index (χ1v) is 4.01. The number of aryl methyl sites for hydroxylation is 1. The van der Waals surface area contributed by atoms with Crippen molar-refractivity contribution in [3.63, 3.8) is 0 Å². The zero-order valence-corrected chi connectivity index (χ0v) is 12.6. The van der Waals surface area contributed by atoms with Crippen molar-refractivity contribution in [1.82, 2.24) is 9.97 Å². The maximum atomic E-state index is 11.1. The smallest absolute Gasteiger partial charge is 0.365 e. The van der Waals surface area contributed by atoms with E-state index in [4.69, 9.17) is 0 Å². The van der Waals surface area contributed by atoms with Crippen LogP contribution in [0.3, 0.4) is 0 Å². The van der Waals surface area contributed by atoms with Crippen LogP contribution in [-0.2, 0) is 0 Å². The zero-order chi connectivity index (χ0) is 7.84. The van der Waals surface area contributed by atoms with Crippen molar-refractivity contribution in [3.05, 3.63) is 27.6 Å². The van der Waals surface area contributed by atoms with Gasteiger partial charge in [0.25, 0.3) is 0 Å². The number of H-pyrrole nitrogens is 1. The van der Waals surface area contributed by atoms with Gasteiger partial charge in [0.05, 0.1) is 5.82 Å². The van der Waals surface area contributed by atoms with E-state index in [9.17, 15) is 4.79 Å². The molecule has 2 aromatic rings. The molecule has 0 saturated heterocycles. The van der Waals surface area contributed by atoms with E-state index in [1.807, 2.05) is 0 Å². The molecule has 1 N–H and O–H groups in total. The van der Waals surface area contributed by atoms with Crippen LogP contribution in [0.5, 0.6) is 0 Å². The number of nitrogens with one attached hydrogen (secondary N) is 1. The third-order valence-electron chi connectivity index (χ3n) is 1.38. The molecule has 0 aliphatic heterocycles. The van der Waals surface area contributed by atoms with E-state index in [2.05, 4.69) is 16.0 Å². The molecule has 5 heteroatoms. The minimum atomic E-state index is -0.103. The van der Waals surface area contributed by atoms with Crippen LogP contribution < -0.4 is 63.7 Å². The van der Waals surface area contributed by atoms with Gasteiger partial charge in [-0.2, -0.15) is 6.07 Å². The minimum Gasteiger partial charge on any atom is -0.365 e. The van der Waals surface area contributed by atoms with Gasteiger partial charge < -0.3 is 9.78 Å². The molecule has 0 unspecified atom stereocenters. The molecule has 2 aromatic heterocycles. The van der Waals surface area contributed by atoms with Gasteiger partial charge in [0, 0.05) is 4.83 Å². The monoisotopic (exact) mass is 250 g/mol. The van der Waals surface area contributed by atoms with Gasteiger partial charge in [0.2, 0.25) is 0 Å². The summed E-state index contributed by atoms with van der Waals surface area (Å²) in [6, 6.07) is 2.83. The SMILES string of the molecule is Cc1nc2sc[c-]c2c(=O)[nH]1.[Rb+]. The average Bonchev–Trinajstić information content (AvgIpc) is 2.34. The Morgan fingerprint density at radius 3 is 3.17 bits per heavy atom. The molecule has 0 atom stereocenters. The van der Waals surface area contributed by atoms with Gasteiger partial charge in [-0.3, -0.25) is 4.98 Å². The Morgan fingerprint density at radius 2 is 2.42 bits per heavy atom. The predicted octanol–water partition coefficient (Wildman–Crippen LogP) is -1.90. The second kappa shape index (κ2) is 4.24. The summed E-state index contributed by atoms with van der Waals surface area (Å²) < 4.78 is 0. The van der Waals surface area contributed by atoms with Crippen LogP contribution in [0.15, 0.2) is 10.2 Å². The van der Waals surface area contributed by atoms with E-state index >= 15 is 0 Å². The Balaban J connectivity index is 0.000000720. The van der Waals surface area contributed by atoms with Crippen molar-refractivity contribution in [3.8, 4) is 0 Å². The fourth-order valence-electron chi connectivity index (χ4n) is 0.917. The molecule has 2 rings (SSSR count). The summed E-state index contributed by atoms with van der Waals surface area (Å²) in [7, 11) is 0. The summed E-state index contributed by atoms with van der Waals surface area (Å²) in [4.78, 5) is 18.6. The van der Waals surface area contributed by atoms with Gasteiger partial charge in [0.1, 0.15) is 5.56 Å². The number of nitrogens with zero attached hydrogens (tertiary/aromatic N) is 1. The van der Waals surface area contributed by atoms with Gasteiger partial charge in [-0.25, -0.2) is 11.3 Å². The van der Waals surface area contributed by atoms with Crippen LogP contribution in [0.2, 0.25) is 0 Å². The van der Waals surface area contributed by atoms with Gasteiger partial charge in [-0.05, 0) is 6.92 Å². The third kappa shape index (κ3) is 1.93. The maximum absolute atomic E-state index is 11.1. The van der Waals surface area contributed by atoms with Crippen LogP contribution in [0.1, 0.15) is 5.82 Å². The van der Waals surface area contributed by atoms with Crippen LogP contribution in [0.4, 0.5) is 0 Å².